The number of imidazole rings is 1. The Bertz CT molecular complexity index is 1610. The minimum absolute atomic E-state index is 0.0794. The van der Waals surface area contributed by atoms with Crippen LogP contribution in [0.1, 0.15) is 70.0 Å². The third kappa shape index (κ3) is 11.0. The highest BCUT2D eigenvalue weighted by atomic mass is 35.5. The van der Waals surface area contributed by atoms with E-state index >= 15 is 0 Å². The summed E-state index contributed by atoms with van der Waals surface area (Å²) in [5.74, 6) is 2.00. The normalized spacial score (nSPS) is 26.9. The van der Waals surface area contributed by atoms with Gasteiger partial charge >= 0.3 is 5.97 Å². The summed E-state index contributed by atoms with van der Waals surface area (Å²) in [6, 6.07) is 0.939. The maximum absolute atomic E-state index is 10.9. The van der Waals surface area contributed by atoms with Crippen LogP contribution in [0.3, 0.4) is 0 Å². The van der Waals surface area contributed by atoms with E-state index in [1.54, 1.807) is 6.33 Å². The number of halogens is 2. The lowest BCUT2D eigenvalue weighted by Gasteiger charge is -2.34. The Morgan fingerprint density at radius 1 is 0.865 bits per heavy atom. The number of rotatable bonds is 10. The molecular weight excluding hydrogens is 717 g/mol. The predicted octanol–water partition coefficient (Wildman–Crippen LogP) is 1.85. The Labute approximate surface area is 312 Å². The highest BCUT2D eigenvalue weighted by molar-refractivity contribution is 6.33. The Hall–Kier alpha value is -3.45. The lowest BCUT2D eigenvalue weighted by Crippen LogP contribution is -2.41. The summed E-state index contributed by atoms with van der Waals surface area (Å²) in [6.45, 7) is 3.08. The molecule has 12 N–H and O–H groups in total. The molecule has 4 aliphatic rings. The molecule has 0 atom stereocenters. The highest BCUT2D eigenvalue weighted by Crippen LogP contribution is 2.39. The van der Waals surface area contributed by atoms with Crippen LogP contribution in [0.4, 0.5) is 17.6 Å². The molecule has 0 aliphatic heterocycles. The highest BCUT2D eigenvalue weighted by Gasteiger charge is 2.33. The van der Waals surface area contributed by atoms with Crippen LogP contribution in [0, 0.1) is 29.6 Å². The van der Waals surface area contributed by atoms with Gasteiger partial charge in [0.25, 0.3) is 0 Å². The summed E-state index contributed by atoms with van der Waals surface area (Å²) in [4.78, 5) is 41.6. The zero-order valence-corrected chi connectivity index (χ0v) is 30.8. The number of ether oxygens (including phenoxy) is 1. The van der Waals surface area contributed by atoms with Crippen molar-refractivity contribution in [3.05, 3.63) is 22.3 Å². The number of aliphatic hydroxyl groups is 3. The molecule has 288 valence electrons. The van der Waals surface area contributed by atoms with Crippen molar-refractivity contribution >= 4 is 64.3 Å². The first-order valence-corrected chi connectivity index (χ1v) is 18.3. The number of aromatic nitrogens is 6. The van der Waals surface area contributed by atoms with Gasteiger partial charge in [0.1, 0.15) is 11.2 Å². The number of carbonyl (C=O) groups excluding carboxylic acids is 2. The molecule has 0 spiro atoms. The van der Waals surface area contributed by atoms with Crippen molar-refractivity contribution in [3.8, 4) is 0 Å². The number of nitrogens with zero attached hydrogens (tertiary/aromatic N) is 6. The van der Waals surface area contributed by atoms with E-state index in [0.29, 0.717) is 84.3 Å². The summed E-state index contributed by atoms with van der Waals surface area (Å²) in [5.41, 5.74) is 24.4. The first-order valence-electron chi connectivity index (χ1n) is 17.6. The number of hydrogen-bond acceptors (Lipinski definition) is 15. The quantitative estimate of drug-likeness (QED) is 0.0830. The number of nitrogen functional groups attached to an aromatic ring is 2. The largest absolute Gasteiger partial charge is 0.466 e. The molecule has 3 heterocycles. The molecular formula is C33H51Cl2N11O6. The van der Waals surface area contributed by atoms with Crippen LogP contribution in [-0.4, -0.2) is 95.7 Å². The second kappa shape index (κ2) is 19.6. The molecule has 0 radical (unpaired) electrons. The molecule has 0 saturated heterocycles. The number of nitrogens with two attached hydrogens (primary N) is 4. The number of aliphatic hydroxyl groups excluding tert-OH is 3. The molecule has 19 heteroatoms. The van der Waals surface area contributed by atoms with Crippen molar-refractivity contribution in [1.82, 2.24) is 29.5 Å². The van der Waals surface area contributed by atoms with E-state index in [4.69, 9.17) is 66.2 Å². The number of fused-ring (bicyclic) bond motifs is 1. The van der Waals surface area contributed by atoms with Crippen molar-refractivity contribution in [2.45, 2.75) is 82.8 Å². The molecule has 0 bridgehead atoms. The van der Waals surface area contributed by atoms with Gasteiger partial charge in [-0.3, -0.25) is 9.59 Å². The van der Waals surface area contributed by atoms with Crippen LogP contribution in [-0.2, 0) is 20.7 Å². The average Bonchev–Trinajstić information content (AvgIpc) is 3.45. The molecule has 4 fully saturated rings. The Balaban J connectivity index is 0.000000164. The Morgan fingerprint density at radius 3 is 1.96 bits per heavy atom. The van der Waals surface area contributed by atoms with E-state index in [-0.39, 0.29) is 53.3 Å². The van der Waals surface area contributed by atoms with Crippen LogP contribution in [0.5, 0.6) is 0 Å². The molecule has 4 saturated carbocycles. The lowest BCUT2D eigenvalue weighted by molar-refractivity contribution is -0.151. The molecule has 0 aromatic carbocycles. The fourth-order valence-electron chi connectivity index (χ4n) is 6.60. The predicted molar refractivity (Wildman–Crippen MR) is 197 cm³/mol. The number of hydrogen-bond donors (Lipinski definition) is 8. The van der Waals surface area contributed by atoms with E-state index in [9.17, 15) is 9.59 Å². The van der Waals surface area contributed by atoms with Crippen LogP contribution in [0.15, 0.2) is 6.33 Å². The molecule has 1 amide bonds. The van der Waals surface area contributed by atoms with Crippen molar-refractivity contribution in [2.75, 3.05) is 43.2 Å². The van der Waals surface area contributed by atoms with Gasteiger partial charge in [-0.1, -0.05) is 23.2 Å². The van der Waals surface area contributed by atoms with Gasteiger partial charge in [-0.05, 0) is 88.4 Å². The van der Waals surface area contributed by atoms with Crippen LogP contribution in [0.25, 0.3) is 11.2 Å². The van der Waals surface area contributed by atoms with Gasteiger partial charge in [0, 0.05) is 37.9 Å². The van der Waals surface area contributed by atoms with Crippen LogP contribution >= 0.6 is 23.2 Å². The standard InChI is InChI=1S/C11H15ClN4O2.C10H12ClN5O.C7H13NO2.C5H11NO/c12-10-9(14-5-18)8(15-11(13)16-10)3-6-1-7(2-6)4-17;11-8-7-9(15-10(12)14-8)16(4-13-7)6-1-5(2-6)3-17;1-2-10-7(9)5-3-6(8)4-5;6-5-1-4(2-5)3-7/h5-7,17H,1-4H2,(H,14,18)(H2,13,15,16);4-6,17H,1-3H2,(H2,12,14,15);5-6H,2-4,8H2,1H3;4-5,7H,1-3,6H2. The van der Waals surface area contributed by atoms with Gasteiger partial charge < -0.3 is 52.9 Å². The van der Waals surface area contributed by atoms with Gasteiger partial charge in [-0.2, -0.15) is 15.0 Å². The van der Waals surface area contributed by atoms with E-state index in [1.165, 1.54) is 0 Å². The summed E-state index contributed by atoms with van der Waals surface area (Å²) >= 11 is 11.9. The van der Waals surface area contributed by atoms with Gasteiger partial charge in [-0.25, -0.2) is 9.97 Å². The second-order valence-corrected chi connectivity index (χ2v) is 14.6. The number of esters is 1. The van der Waals surface area contributed by atoms with Crippen LogP contribution in [0.2, 0.25) is 10.3 Å². The van der Waals surface area contributed by atoms with E-state index in [1.807, 2.05) is 11.5 Å². The van der Waals surface area contributed by atoms with Gasteiger partial charge in [-0.15, -0.1) is 0 Å². The van der Waals surface area contributed by atoms with Gasteiger partial charge in [0.2, 0.25) is 18.3 Å². The summed E-state index contributed by atoms with van der Waals surface area (Å²) < 4.78 is 6.76. The third-order valence-electron chi connectivity index (χ3n) is 9.82. The van der Waals surface area contributed by atoms with Gasteiger partial charge in [0.15, 0.2) is 16.0 Å². The minimum atomic E-state index is -0.0794. The number of anilines is 3. The topological polar surface area (TPSA) is 290 Å². The minimum Gasteiger partial charge on any atom is -0.466 e. The monoisotopic (exact) mass is 767 g/mol. The Kier molecular flexibility index (Phi) is 15.6. The molecule has 3 aromatic rings. The summed E-state index contributed by atoms with van der Waals surface area (Å²) in [5, 5.41) is 29.4. The van der Waals surface area contributed by atoms with Crippen molar-refractivity contribution in [1.29, 1.82) is 0 Å². The number of amides is 1. The van der Waals surface area contributed by atoms with E-state index in [2.05, 4.69) is 30.2 Å². The first kappa shape index (κ1) is 41.3. The van der Waals surface area contributed by atoms with Crippen molar-refractivity contribution in [3.63, 3.8) is 0 Å². The zero-order valence-electron chi connectivity index (χ0n) is 29.3. The first-order chi connectivity index (χ1) is 24.9. The SMILES string of the molecule is CCOC(=O)C1CC(N)C1.NC1CC(CO)C1.Nc1nc(Cl)c(NC=O)c(CC2CC(CO)C2)n1.Nc1nc(Cl)c2ncn(C3CC(CO)C3)c2n1. The average molecular weight is 769 g/mol. The number of nitrogens with one attached hydrogen (secondary N) is 1. The maximum Gasteiger partial charge on any atom is 0.309 e. The lowest BCUT2D eigenvalue weighted by atomic mass is 9.73. The molecule has 7 rings (SSSR count). The van der Waals surface area contributed by atoms with E-state index in [0.717, 1.165) is 51.4 Å². The molecule has 17 nitrogen and oxygen atoms in total. The van der Waals surface area contributed by atoms with Gasteiger partial charge in [0.05, 0.1) is 24.5 Å². The molecule has 3 aromatic heterocycles. The summed E-state index contributed by atoms with van der Waals surface area (Å²) in [7, 11) is 0. The number of carbonyl (C=O) groups is 2. The summed E-state index contributed by atoms with van der Waals surface area (Å²) in [6.07, 6.45) is 10.4. The smallest absolute Gasteiger partial charge is 0.309 e. The second-order valence-electron chi connectivity index (χ2n) is 13.9. The van der Waals surface area contributed by atoms with Crippen molar-refractivity contribution < 1.29 is 29.6 Å². The maximum atomic E-state index is 10.9. The molecule has 4 aliphatic carbocycles. The molecule has 0 unspecified atom stereocenters. The fraction of sp³-hybridized carbons (Fsp3) is 0.667. The Morgan fingerprint density at radius 2 is 1.42 bits per heavy atom. The zero-order chi connectivity index (χ0) is 37.9. The molecule has 52 heavy (non-hydrogen) atoms. The van der Waals surface area contributed by atoms with E-state index < -0.39 is 0 Å². The fourth-order valence-corrected chi connectivity index (χ4v) is 7.07. The van der Waals surface area contributed by atoms with Crippen LogP contribution < -0.4 is 28.3 Å². The third-order valence-corrected chi connectivity index (χ3v) is 10.4. The van der Waals surface area contributed by atoms with Crippen molar-refractivity contribution in [2.24, 2.45) is 41.1 Å².